The van der Waals surface area contributed by atoms with E-state index in [9.17, 15) is 0 Å². The molecule has 0 amide bonds. The number of hydrogen-bond donors (Lipinski definition) is 1. The Hall–Kier alpha value is -1.46. The zero-order valence-corrected chi connectivity index (χ0v) is 12.4. The molecule has 1 N–H and O–H groups in total. The molecule has 1 aromatic carbocycles. The number of halogens is 1. The third-order valence-corrected chi connectivity index (χ3v) is 3.17. The van der Waals surface area contributed by atoms with Gasteiger partial charge in [-0.05, 0) is 31.2 Å². The Morgan fingerprint density at radius 3 is 2.74 bits per heavy atom. The maximum absolute atomic E-state index is 9.00. The van der Waals surface area contributed by atoms with E-state index >= 15 is 0 Å². The van der Waals surface area contributed by atoms with Crippen molar-refractivity contribution in [3.05, 3.63) is 40.3 Å². The molecule has 19 heavy (non-hydrogen) atoms. The average molecular weight is 323 g/mol. The summed E-state index contributed by atoms with van der Waals surface area (Å²) >= 11 is 3.45. The first-order chi connectivity index (χ1) is 9.13. The fourth-order valence-corrected chi connectivity index (χ4v) is 2.22. The van der Waals surface area contributed by atoms with Gasteiger partial charge in [0.05, 0.1) is 19.4 Å². The van der Waals surface area contributed by atoms with Crippen molar-refractivity contribution >= 4 is 15.9 Å². The maximum Gasteiger partial charge on any atom is 0.131 e. The lowest BCUT2D eigenvalue weighted by atomic mass is 10.1. The molecular weight excluding hydrogens is 308 g/mol. The predicted molar refractivity (Wildman–Crippen MR) is 77.2 cm³/mol. The fraction of sp³-hybridized carbons (Fsp3) is 0.286. The summed E-state index contributed by atoms with van der Waals surface area (Å²) in [6, 6.07) is 7.68. The molecule has 0 aliphatic rings. The van der Waals surface area contributed by atoms with Crippen LogP contribution in [-0.4, -0.2) is 28.8 Å². The molecule has 0 atom stereocenters. The summed E-state index contributed by atoms with van der Waals surface area (Å²) in [5.74, 6) is 1.40. The number of aromatic nitrogens is 2. The van der Waals surface area contributed by atoms with Crippen LogP contribution in [0.1, 0.15) is 11.5 Å². The third kappa shape index (κ3) is 3.30. The number of aliphatic hydroxyl groups excluding tert-OH is 1. The first-order valence-electron chi connectivity index (χ1n) is 5.93. The van der Waals surface area contributed by atoms with Gasteiger partial charge in [-0.25, -0.2) is 9.97 Å². The molecule has 0 bridgehead atoms. The molecular formula is C14H15BrN2O2. The van der Waals surface area contributed by atoms with Crippen LogP contribution in [0.2, 0.25) is 0 Å². The van der Waals surface area contributed by atoms with Crippen LogP contribution in [0.4, 0.5) is 0 Å². The van der Waals surface area contributed by atoms with E-state index in [4.69, 9.17) is 9.84 Å². The molecule has 0 fully saturated rings. The summed E-state index contributed by atoms with van der Waals surface area (Å²) in [4.78, 5) is 8.77. The predicted octanol–water partition coefficient (Wildman–Crippen LogP) is 2.76. The van der Waals surface area contributed by atoms with Gasteiger partial charge in [-0.1, -0.05) is 15.9 Å². The standard InChI is InChI=1S/C14H15BrN2O2/c1-9-7-12(17-14(16-9)5-6-18)11-8-10(15)3-4-13(11)19-2/h3-4,7-8,18H,5-6H2,1-2H3. The van der Waals surface area contributed by atoms with Crippen molar-refractivity contribution < 1.29 is 9.84 Å². The molecule has 2 aromatic rings. The SMILES string of the molecule is COc1ccc(Br)cc1-c1cc(C)nc(CCO)n1. The van der Waals surface area contributed by atoms with Crippen molar-refractivity contribution in [2.75, 3.05) is 13.7 Å². The molecule has 0 saturated heterocycles. The van der Waals surface area contributed by atoms with Crippen LogP contribution in [0.5, 0.6) is 5.75 Å². The summed E-state index contributed by atoms with van der Waals surface area (Å²) in [7, 11) is 1.63. The summed E-state index contributed by atoms with van der Waals surface area (Å²) in [6.07, 6.45) is 0.449. The van der Waals surface area contributed by atoms with E-state index in [1.54, 1.807) is 7.11 Å². The summed E-state index contributed by atoms with van der Waals surface area (Å²) in [5.41, 5.74) is 2.58. The van der Waals surface area contributed by atoms with E-state index in [0.29, 0.717) is 12.2 Å². The quantitative estimate of drug-likeness (QED) is 0.940. The Morgan fingerprint density at radius 2 is 2.05 bits per heavy atom. The Bertz CT molecular complexity index is 588. The van der Waals surface area contributed by atoms with E-state index in [0.717, 1.165) is 27.2 Å². The smallest absolute Gasteiger partial charge is 0.131 e. The van der Waals surface area contributed by atoms with E-state index in [1.807, 2.05) is 31.2 Å². The normalized spacial score (nSPS) is 10.5. The second-order valence-corrected chi connectivity index (χ2v) is 5.04. The van der Waals surface area contributed by atoms with Gasteiger partial charge in [-0.2, -0.15) is 0 Å². The molecule has 1 aromatic heterocycles. The minimum absolute atomic E-state index is 0.0402. The van der Waals surface area contributed by atoms with Crippen LogP contribution in [0.25, 0.3) is 11.3 Å². The Balaban J connectivity index is 2.54. The van der Waals surface area contributed by atoms with Crippen molar-refractivity contribution in [2.24, 2.45) is 0 Å². The summed E-state index contributed by atoms with van der Waals surface area (Å²) < 4.78 is 6.33. The topological polar surface area (TPSA) is 55.2 Å². The van der Waals surface area contributed by atoms with Gasteiger partial charge < -0.3 is 9.84 Å². The van der Waals surface area contributed by atoms with Gasteiger partial charge in [-0.15, -0.1) is 0 Å². The zero-order valence-electron chi connectivity index (χ0n) is 10.9. The van der Waals surface area contributed by atoms with E-state index < -0.39 is 0 Å². The average Bonchev–Trinajstić information content (AvgIpc) is 2.38. The van der Waals surface area contributed by atoms with E-state index in [-0.39, 0.29) is 6.61 Å². The highest BCUT2D eigenvalue weighted by atomic mass is 79.9. The molecule has 0 radical (unpaired) electrons. The first kappa shape index (κ1) is 14.0. The lowest BCUT2D eigenvalue weighted by Gasteiger charge is -2.10. The molecule has 0 spiro atoms. The number of aliphatic hydroxyl groups is 1. The number of methoxy groups -OCH3 is 1. The number of nitrogens with zero attached hydrogens (tertiary/aromatic N) is 2. The molecule has 0 unspecified atom stereocenters. The molecule has 5 heteroatoms. The Morgan fingerprint density at radius 1 is 1.26 bits per heavy atom. The van der Waals surface area contributed by atoms with Crippen molar-refractivity contribution in [1.29, 1.82) is 0 Å². The van der Waals surface area contributed by atoms with Gasteiger partial charge in [-0.3, -0.25) is 0 Å². The molecule has 0 saturated carbocycles. The summed E-state index contributed by atoms with van der Waals surface area (Å²) in [5, 5.41) is 9.00. The van der Waals surface area contributed by atoms with Crippen LogP contribution >= 0.6 is 15.9 Å². The van der Waals surface area contributed by atoms with Crippen molar-refractivity contribution in [1.82, 2.24) is 9.97 Å². The lowest BCUT2D eigenvalue weighted by Crippen LogP contribution is -2.02. The Kier molecular flexibility index (Phi) is 4.50. The molecule has 0 aliphatic carbocycles. The lowest BCUT2D eigenvalue weighted by molar-refractivity contribution is 0.296. The zero-order chi connectivity index (χ0) is 13.8. The molecule has 2 rings (SSSR count). The van der Waals surface area contributed by atoms with Crippen molar-refractivity contribution in [3.63, 3.8) is 0 Å². The fourth-order valence-electron chi connectivity index (χ4n) is 1.86. The minimum Gasteiger partial charge on any atom is -0.496 e. The monoisotopic (exact) mass is 322 g/mol. The van der Waals surface area contributed by atoms with Crippen LogP contribution in [0, 0.1) is 6.92 Å². The Labute approximate surface area is 120 Å². The van der Waals surface area contributed by atoms with Crippen molar-refractivity contribution in [2.45, 2.75) is 13.3 Å². The molecule has 100 valence electrons. The second kappa shape index (κ2) is 6.12. The highest BCUT2D eigenvalue weighted by molar-refractivity contribution is 9.10. The van der Waals surface area contributed by atoms with Gasteiger partial charge in [0, 0.05) is 22.2 Å². The minimum atomic E-state index is 0.0402. The van der Waals surface area contributed by atoms with Gasteiger partial charge in [0.1, 0.15) is 11.6 Å². The summed E-state index contributed by atoms with van der Waals surface area (Å²) in [6.45, 7) is 1.95. The number of benzene rings is 1. The van der Waals surface area contributed by atoms with E-state index in [2.05, 4.69) is 25.9 Å². The van der Waals surface area contributed by atoms with Gasteiger partial charge >= 0.3 is 0 Å². The van der Waals surface area contributed by atoms with Crippen LogP contribution in [0.3, 0.4) is 0 Å². The number of ether oxygens (including phenoxy) is 1. The largest absolute Gasteiger partial charge is 0.496 e. The van der Waals surface area contributed by atoms with Crippen LogP contribution < -0.4 is 4.74 Å². The molecule has 4 nitrogen and oxygen atoms in total. The number of aryl methyl sites for hydroxylation is 1. The molecule has 0 aliphatic heterocycles. The number of rotatable bonds is 4. The van der Waals surface area contributed by atoms with E-state index in [1.165, 1.54) is 0 Å². The maximum atomic E-state index is 9.00. The number of hydrogen-bond acceptors (Lipinski definition) is 4. The van der Waals surface area contributed by atoms with Crippen molar-refractivity contribution in [3.8, 4) is 17.0 Å². The van der Waals surface area contributed by atoms with Gasteiger partial charge in [0.15, 0.2) is 0 Å². The second-order valence-electron chi connectivity index (χ2n) is 4.13. The van der Waals surface area contributed by atoms with Gasteiger partial charge in [0.2, 0.25) is 0 Å². The molecule has 1 heterocycles. The first-order valence-corrected chi connectivity index (χ1v) is 6.72. The highest BCUT2D eigenvalue weighted by Crippen LogP contribution is 2.31. The van der Waals surface area contributed by atoms with Crippen LogP contribution in [0.15, 0.2) is 28.7 Å². The third-order valence-electron chi connectivity index (χ3n) is 2.67. The van der Waals surface area contributed by atoms with Crippen LogP contribution in [-0.2, 0) is 6.42 Å². The highest BCUT2D eigenvalue weighted by Gasteiger charge is 2.10. The van der Waals surface area contributed by atoms with Gasteiger partial charge in [0.25, 0.3) is 0 Å².